The first kappa shape index (κ1) is 24.0. The number of benzene rings is 1. The summed E-state index contributed by atoms with van der Waals surface area (Å²) in [6.07, 6.45) is 2.43. The molecule has 1 aliphatic rings. The number of carboxylic acid groups (broad SMARTS) is 1. The van der Waals surface area contributed by atoms with E-state index in [0.717, 1.165) is 22.8 Å². The molecule has 1 aliphatic heterocycles. The Morgan fingerprint density at radius 3 is 2.71 bits per heavy atom. The molecule has 3 N–H and O–H groups in total. The molecule has 1 amide bonds. The van der Waals surface area contributed by atoms with Crippen LogP contribution in [0.15, 0.2) is 42.6 Å². The van der Waals surface area contributed by atoms with E-state index in [9.17, 15) is 9.90 Å². The van der Waals surface area contributed by atoms with Crippen molar-refractivity contribution in [1.29, 1.82) is 0 Å². The van der Waals surface area contributed by atoms with E-state index in [1.165, 1.54) is 10.5 Å². The van der Waals surface area contributed by atoms with Crippen molar-refractivity contribution in [3.63, 3.8) is 0 Å². The fourth-order valence-corrected chi connectivity index (χ4v) is 4.26. The predicted molar refractivity (Wildman–Crippen MR) is 128 cm³/mol. The van der Waals surface area contributed by atoms with Crippen molar-refractivity contribution in [3.05, 3.63) is 59.5 Å². The number of ether oxygens (including phenoxy) is 1. The van der Waals surface area contributed by atoms with Crippen molar-refractivity contribution in [2.75, 3.05) is 32.8 Å². The fourth-order valence-electron chi connectivity index (χ4n) is 4.26. The van der Waals surface area contributed by atoms with Crippen LogP contribution in [0, 0.1) is 6.92 Å². The third-order valence-corrected chi connectivity index (χ3v) is 6.45. The lowest BCUT2D eigenvalue weighted by Gasteiger charge is -2.37. The Morgan fingerprint density at radius 1 is 1.26 bits per heavy atom. The number of nitrogens with zero attached hydrogens (tertiary/aromatic N) is 4. The minimum atomic E-state index is -0.928. The summed E-state index contributed by atoms with van der Waals surface area (Å²) in [6, 6.07) is 12.3. The number of nitrogens with one attached hydrogen (secondary N) is 1. The van der Waals surface area contributed by atoms with E-state index in [0.29, 0.717) is 52.0 Å². The number of hydrogen-bond acceptors (Lipinski definition) is 6. The molecule has 182 valence electrons. The summed E-state index contributed by atoms with van der Waals surface area (Å²) in [7, 11) is 0. The Kier molecular flexibility index (Phi) is 7.33. The number of hydrogen-bond donors (Lipinski definition) is 3. The third kappa shape index (κ3) is 5.84. The number of amides is 1. The van der Waals surface area contributed by atoms with Gasteiger partial charge in [-0.15, -0.1) is 0 Å². The van der Waals surface area contributed by atoms with Gasteiger partial charge in [-0.2, -0.15) is 5.10 Å². The number of fused-ring (bicyclic) bond motifs is 1. The zero-order valence-electron chi connectivity index (χ0n) is 19.8. The fraction of sp³-hybridized carbons (Fsp3) is 0.480. The van der Waals surface area contributed by atoms with Gasteiger partial charge in [0.05, 0.1) is 18.4 Å². The zero-order chi connectivity index (χ0) is 24.1. The molecule has 0 radical (unpaired) electrons. The van der Waals surface area contributed by atoms with Gasteiger partial charge in [-0.1, -0.05) is 37.3 Å². The highest BCUT2D eigenvalue weighted by Crippen LogP contribution is 2.22. The number of aliphatic hydroxyl groups is 1. The molecule has 4 rings (SSSR count). The average molecular weight is 468 g/mol. The maximum Gasteiger partial charge on any atom is 0.407 e. The molecule has 0 spiro atoms. The van der Waals surface area contributed by atoms with Crippen molar-refractivity contribution >= 4 is 11.7 Å². The van der Waals surface area contributed by atoms with Crippen LogP contribution < -0.4 is 10.1 Å². The van der Waals surface area contributed by atoms with Crippen LogP contribution in [0.2, 0.25) is 0 Å². The van der Waals surface area contributed by atoms with Crippen LogP contribution in [-0.2, 0) is 6.42 Å². The molecule has 1 aromatic carbocycles. The van der Waals surface area contributed by atoms with Gasteiger partial charge in [0.2, 0.25) is 0 Å². The first-order valence-electron chi connectivity index (χ1n) is 11.8. The molecule has 0 bridgehead atoms. The van der Waals surface area contributed by atoms with Crippen molar-refractivity contribution in [3.8, 4) is 5.75 Å². The highest BCUT2D eigenvalue weighted by molar-refractivity contribution is 5.65. The lowest BCUT2D eigenvalue weighted by Crippen LogP contribution is -2.51. The number of aryl methyl sites for hydroxylation is 1. The van der Waals surface area contributed by atoms with Gasteiger partial charge in [0.15, 0.2) is 11.5 Å². The second-order valence-corrected chi connectivity index (χ2v) is 9.20. The van der Waals surface area contributed by atoms with Crippen molar-refractivity contribution in [2.24, 2.45) is 0 Å². The molecule has 1 atom stereocenters. The number of rotatable bonds is 9. The summed E-state index contributed by atoms with van der Waals surface area (Å²) in [5.41, 5.74) is 2.17. The maximum atomic E-state index is 11.0. The zero-order valence-corrected chi connectivity index (χ0v) is 19.8. The van der Waals surface area contributed by atoms with Crippen LogP contribution >= 0.6 is 0 Å². The van der Waals surface area contributed by atoms with Gasteiger partial charge in [-0.3, -0.25) is 0 Å². The maximum absolute atomic E-state index is 11.0. The van der Waals surface area contributed by atoms with Gasteiger partial charge in [0, 0.05) is 38.5 Å². The standard InChI is InChI=1S/C25H33N5O4/c1-18-14-21(34-16-19(2)20-6-4-3-5-7-20)15-30-23(18)27-22(28-30)8-11-26-17-25(33)9-12-29(13-10-25)24(31)32/h3-7,14-15,19,26,33H,8-13,16-17H2,1-2H3,(H,31,32)/t19-/m0/s1. The minimum Gasteiger partial charge on any atom is -0.491 e. The molecule has 0 unspecified atom stereocenters. The largest absolute Gasteiger partial charge is 0.491 e. The second kappa shape index (κ2) is 10.4. The first-order valence-corrected chi connectivity index (χ1v) is 11.8. The Morgan fingerprint density at radius 2 is 2.00 bits per heavy atom. The topological polar surface area (TPSA) is 112 Å². The first-order chi connectivity index (χ1) is 16.3. The van der Waals surface area contributed by atoms with Crippen LogP contribution in [0.5, 0.6) is 5.75 Å². The number of likely N-dealkylation sites (tertiary alicyclic amines) is 1. The van der Waals surface area contributed by atoms with Gasteiger partial charge >= 0.3 is 6.09 Å². The Labute approximate surface area is 199 Å². The smallest absolute Gasteiger partial charge is 0.407 e. The predicted octanol–water partition coefficient (Wildman–Crippen LogP) is 2.86. The number of aromatic nitrogens is 3. The lowest BCUT2D eigenvalue weighted by molar-refractivity contribution is -0.0154. The molecule has 0 aliphatic carbocycles. The van der Waals surface area contributed by atoms with Gasteiger partial charge in [-0.25, -0.2) is 14.3 Å². The molecule has 3 aromatic rings. The van der Waals surface area contributed by atoms with Crippen LogP contribution in [0.25, 0.3) is 5.65 Å². The minimum absolute atomic E-state index is 0.278. The van der Waals surface area contributed by atoms with Gasteiger partial charge < -0.3 is 25.2 Å². The second-order valence-electron chi connectivity index (χ2n) is 9.20. The molecule has 34 heavy (non-hydrogen) atoms. The van der Waals surface area contributed by atoms with Crippen molar-refractivity contribution < 1.29 is 19.7 Å². The molecule has 9 heteroatoms. The SMILES string of the molecule is Cc1cc(OC[C@H](C)c2ccccc2)cn2nc(CCNCC3(O)CCN(C(=O)O)CC3)nc12. The van der Waals surface area contributed by atoms with Crippen LogP contribution in [0.4, 0.5) is 4.79 Å². The van der Waals surface area contributed by atoms with Crippen molar-refractivity contribution in [2.45, 2.75) is 44.6 Å². The molecule has 3 heterocycles. The van der Waals surface area contributed by atoms with Gasteiger partial charge in [-0.05, 0) is 37.0 Å². The van der Waals surface area contributed by atoms with E-state index in [1.54, 1.807) is 4.52 Å². The molecule has 1 saturated heterocycles. The van der Waals surface area contributed by atoms with E-state index < -0.39 is 11.7 Å². The van der Waals surface area contributed by atoms with E-state index in [2.05, 4.69) is 34.5 Å². The van der Waals surface area contributed by atoms with Crippen LogP contribution in [0.1, 0.15) is 42.6 Å². The summed E-state index contributed by atoms with van der Waals surface area (Å²) >= 11 is 0. The molecule has 9 nitrogen and oxygen atoms in total. The Bertz CT molecular complexity index is 1110. The number of piperidine rings is 1. The lowest BCUT2D eigenvalue weighted by atomic mass is 9.91. The summed E-state index contributed by atoms with van der Waals surface area (Å²) < 4.78 is 7.82. The Hall–Kier alpha value is -3.17. The molecular weight excluding hydrogens is 434 g/mol. The summed E-state index contributed by atoms with van der Waals surface area (Å²) in [6.45, 7) is 6.48. The highest BCUT2D eigenvalue weighted by atomic mass is 16.5. The van der Waals surface area contributed by atoms with E-state index in [4.69, 9.17) is 9.84 Å². The van der Waals surface area contributed by atoms with E-state index in [-0.39, 0.29) is 5.92 Å². The molecule has 2 aromatic heterocycles. The molecule has 0 saturated carbocycles. The van der Waals surface area contributed by atoms with Crippen molar-refractivity contribution in [1.82, 2.24) is 24.8 Å². The number of carbonyl (C=O) groups is 1. The quantitative estimate of drug-likeness (QED) is 0.415. The summed E-state index contributed by atoms with van der Waals surface area (Å²) in [5, 5.41) is 27.6. The van der Waals surface area contributed by atoms with E-state index in [1.807, 2.05) is 37.4 Å². The molecule has 1 fully saturated rings. The van der Waals surface area contributed by atoms with Crippen LogP contribution in [-0.4, -0.2) is 74.2 Å². The van der Waals surface area contributed by atoms with Gasteiger partial charge in [0.1, 0.15) is 5.75 Å². The third-order valence-electron chi connectivity index (χ3n) is 6.45. The van der Waals surface area contributed by atoms with E-state index >= 15 is 0 Å². The average Bonchev–Trinajstić information content (AvgIpc) is 3.25. The monoisotopic (exact) mass is 467 g/mol. The van der Waals surface area contributed by atoms with Gasteiger partial charge in [0.25, 0.3) is 0 Å². The summed E-state index contributed by atoms with van der Waals surface area (Å²) in [4.78, 5) is 17.0. The van der Waals surface area contributed by atoms with Crippen LogP contribution in [0.3, 0.4) is 0 Å². The summed E-state index contributed by atoms with van der Waals surface area (Å²) in [5.74, 6) is 1.76. The number of pyridine rings is 1. The normalized spacial score (nSPS) is 16.5. The highest BCUT2D eigenvalue weighted by Gasteiger charge is 2.33. The molecular formula is C25H33N5O4. The Balaban J connectivity index is 1.28.